The molecule has 1 aliphatic heterocycles. The molecule has 2 aromatic rings. The van der Waals surface area contributed by atoms with Crippen molar-refractivity contribution in [2.24, 2.45) is 4.99 Å². The minimum Gasteiger partial charge on any atom is -0.345 e. The van der Waals surface area contributed by atoms with Gasteiger partial charge in [0.15, 0.2) is 0 Å². The van der Waals surface area contributed by atoms with Gasteiger partial charge in [0, 0.05) is 24.6 Å². The highest BCUT2D eigenvalue weighted by molar-refractivity contribution is 6.20. The van der Waals surface area contributed by atoms with Gasteiger partial charge < -0.3 is 15.5 Å². The number of rotatable bonds is 5. The van der Waals surface area contributed by atoms with Crippen LogP contribution in [0.25, 0.3) is 0 Å². The molecule has 7 heteroatoms. The summed E-state index contributed by atoms with van der Waals surface area (Å²) < 4.78 is 0. The van der Waals surface area contributed by atoms with Crippen LogP contribution in [0, 0.1) is 0 Å². The molecule has 0 fully saturated rings. The predicted molar refractivity (Wildman–Crippen MR) is 112 cm³/mol. The summed E-state index contributed by atoms with van der Waals surface area (Å²) in [7, 11) is 1.66. The van der Waals surface area contributed by atoms with Gasteiger partial charge in [-0.2, -0.15) is 0 Å². The van der Waals surface area contributed by atoms with E-state index < -0.39 is 18.1 Å². The molecule has 2 N–H and O–H groups in total. The van der Waals surface area contributed by atoms with Crippen LogP contribution in [0.5, 0.6) is 0 Å². The second-order valence-corrected chi connectivity index (χ2v) is 6.81. The summed E-state index contributed by atoms with van der Waals surface area (Å²) in [4.78, 5) is 43.3. The zero-order valence-electron chi connectivity index (χ0n) is 16.7. The van der Waals surface area contributed by atoms with Crippen LogP contribution in [0.2, 0.25) is 0 Å². The molecule has 0 aliphatic carbocycles. The van der Waals surface area contributed by atoms with Gasteiger partial charge in [-0.05, 0) is 13.0 Å². The number of benzene rings is 2. The van der Waals surface area contributed by atoms with Crippen molar-refractivity contribution < 1.29 is 14.4 Å². The molecule has 1 heterocycles. The first-order chi connectivity index (χ1) is 13.9. The molecule has 0 radical (unpaired) electrons. The van der Waals surface area contributed by atoms with E-state index in [1.807, 2.05) is 54.6 Å². The Balaban J connectivity index is 1.98. The number of nitrogens with one attached hydrogen (secondary N) is 2. The minimum absolute atomic E-state index is 0.238. The number of nitrogens with zero attached hydrogens (tertiary/aromatic N) is 2. The lowest BCUT2D eigenvalue weighted by atomic mass is 10.0. The highest BCUT2D eigenvalue weighted by atomic mass is 16.2. The Morgan fingerprint density at radius 3 is 2.45 bits per heavy atom. The summed E-state index contributed by atoms with van der Waals surface area (Å²) in [6, 6.07) is 16.2. The Morgan fingerprint density at radius 1 is 1.10 bits per heavy atom. The number of hydrogen-bond donors (Lipinski definition) is 2. The van der Waals surface area contributed by atoms with Crippen LogP contribution in [-0.2, 0) is 14.4 Å². The Morgan fingerprint density at radius 2 is 1.76 bits per heavy atom. The van der Waals surface area contributed by atoms with Gasteiger partial charge in [-0.3, -0.25) is 14.4 Å². The number of anilines is 1. The first-order valence-electron chi connectivity index (χ1n) is 9.52. The molecule has 7 nitrogen and oxygen atoms in total. The molecule has 150 valence electrons. The first kappa shape index (κ1) is 20.3. The Kier molecular flexibility index (Phi) is 6.07. The normalized spacial score (nSPS) is 16.9. The molecule has 29 heavy (non-hydrogen) atoms. The van der Waals surface area contributed by atoms with E-state index in [1.54, 1.807) is 20.9 Å². The smallest absolute Gasteiger partial charge is 0.272 e. The fourth-order valence-corrected chi connectivity index (χ4v) is 3.11. The van der Waals surface area contributed by atoms with E-state index in [-0.39, 0.29) is 18.2 Å². The van der Waals surface area contributed by atoms with E-state index in [9.17, 15) is 14.4 Å². The summed E-state index contributed by atoms with van der Waals surface area (Å²) in [6.07, 6.45) is -0.829. The molecule has 0 saturated heterocycles. The van der Waals surface area contributed by atoms with E-state index in [0.29, 0.717) is 11.4 Å². The molecule has 0 bridgehead atoms. The third kappa shape index (κ3) is 4.34. The number of amides is 3. The third-order valence-corrected chi connectivity index (χ3v) is 4.76. The Labute approximate surface area is 169 Å². The Bertz CT molecular complexity index is 956. The molecule has 0 aromatic heterocycles. The summed E-state index contributed by atoms with van der Waals surface area (Å²) >= 11 is 0. The van der Waals surface area contributed by atoms with Crippen molar-refractivity contribution in [3.63, 3.8) is 0 Å². The van der Waals surface area contributed by atoms with Gasteiger partial charge in [0.1, 0.15) is 6.04 Å². The lowest BCUT2D eigenvalue weighted by Gasteiger charge is -2.22. The van der Waals surface area contributed by atoms with Crippen molar-refractivity contribution in [1.82, 2.24) is 10.6 Å². The summed E-state index contributed by atoms with van der Waals surface area (Å²) in [6.45, 7) is 3.28. The zero-order valence-corrected chi connectivity index (χ0v) is 16.7. The first-order valence-corrected chi connectivity index (χ1v) is 9.52. The molecule has 3 rings (SSSR count). The van der Waals surface area contributed by atoms with Crippen molar-refractivity contribution in [3.05, 3.63) is 65.7 Å². The van der Waals surface area contributed by atoms with Gasteiger partial charge in [0.2, 0.25) is 18.0 Å². The highest BCUT2D eigenvalue weighted by Crippen LogP contribution is 2.27. The van der Waals surface area contributed by atoms with Gasteiger partial charge in [-0.15, -0.1) is 0 Å². The van der Waals surface area contributed by atoms with E-state index in [1.165, 1.54) is 4.90 Å². The fraction of sp³-hybridized carbons (Fsp3) is 0.273. The second kappa shape index (κ2) is 8.68. The van der Waals surface area contributed by atoms with E-state index in [4.69, 9.17) is 0 Å². The van der Waals surface area contributed by atoms with Crippen LogP contribution in [-0.4, -0.2) is 42.7 Å². The molecule has 0 saturated carbocycles. The highest BCUT2D eigenvalue weighted by Gasteiger charge is 2.31. The third-order valence-electron chi connectivity index (χ3n) is 4.76. The van der Waals surface area contributed by atoms with Crippen LogP contribution in [0.15, 0.2) is 59.6 Å². The van der Waals surface area contributed by atoms with Crippen LogP contribution in [0.1, 0.15) is 31.4 Å². The largest absolute Gasteiger partial charge is 0.345 e. The van der Waals surface area contributed by atoms with Crippen LogP contribution < -0.4 is 15.5 Å². The van der Waals surface area contributed by atoms with Gasteiger partial charge in [-0.25, -0.2) is 4.99 Å². The minimum atomic E-state index is -1.10. The van der Waals surface area contributed by atoms with Crippen molar-refractivity contribution in [1.29, 1.82) is 0 Å². The van der Waals surface area contributed by atoms with E-state index >= 15 is 0 Å². The predicted octanol–water partition coefficient (Wildman–Crippen LogP) is 1.86. The molecular formula is C22H24N4O3. The topological polar surface area (TPSA) is 90.9 Å². The number of carbonyl (C=O) groups is 3. The summed E-state index contributed by atoms with van der Waals surface area (Å²) in [5.41, 5.74) is 2.98. The Hall–Kier alpha value is -3.48. The van der Waals surface area contributed by atoms with Crippen molar-refractivity contribution >= 4 is 29.1 Å². The number of aliphatic imine (C=N–C) groups is 1. The lowest BCUT2D eigenvalue weighted by molar-refractivity contribution is -0.130. The fourth-order valence-electron chi connectivity index (χ4n) is 3.11. The van der Waals surface area contributed by atoms with Crippen molar-refractivity contribution in [2.75, 3.05) is 11.9 Å². The van der Waals surface area contributed by atoms with Crippen molar-refractivity contribution in [3.8, 4) is 0 Å². The molecular weight excluding hydrogens is 368 g/mol. The van der Waals surface area contributed by atoms with Crippen molar-refractivity contribution in [2.45, 2.75) is 32.5 Å². The van der Waals surface area contributed by atoms with E-state index in [2.05, 4.69) is 15.6 Å². The quantitative estimate of drug-likeness (QED) is 0.814. The molecule has 3 amide bonds. The molecule has 1 aliphatic rings. The van der Waals surface area contributed by atoms with E-state index in [0.717, 1.165) is 11.1 Å². The maximum Gasteiger partial charge on any atom is 0.272 e. The number of hydrogen-bond acceptors (Lipinski definition) is 4. The number of fused-ring (bicyclic) bond motifs is 1. The number of benzodiazepines with no additional fused rings is 1. The molecule has 2 atom stereocenters. The number of likely N-dealkylation sites (N-methyl/N-ethyl adjacent to an activating group) is 1. The lowest BCUT2D eigenvalue weighted by Crippen LogP contribution is -2.52. The maximum absolute atomic E-state index is 13.0. The van der Waals surface area contributed by atoms with Gasteiger partial charge in [0.05, 0.1) is 11.4 Å². The maximum atomic E-state index is 13.0. The molecule has 1 unspecified atom stereocenters. The van der Waals surface area contributed by atoms with Gasteiger partial charge >= 0.3 is 0 Å². The standard InChI is InChI=1S/C22H24N4O3/c1-4-18(27)23-14(2)21(28)25-20-22(29)26(3)17-13-9-8-12-16(17)19(24-20)15-10-6-5-7-11-15/h5-14,20H,4H2,1-3H3,(H,23,27)(H,25,28)/t14?,20-/m1/s1. The molecule has 0 spiro atoms. The SMILES string of the molecule is CCC(=O)NC(C)C(=O)N[C@H]1N=C(c2ccccc2)c2ccccc2N(C)C1=O. The zero-order chi connectivity index (χ0) is 21.0. The monoisotopic (exact) mass is 392 g/mol. The summed E-state index contributed by atoms with van der Waals surface area (Å²) in [5, 5.41) is 5.27. The average Bonchev–Trinajstić information content (AvgIpc) is 2.85. The number of carbonyl (C=O) groups excluding carboxylic acids is 3. The van der Waals surface area contributed by atoms with Gasteiger partial charge in [-0.1, -0.05) is 55.5 Å². The van der Waals surface area contributed by atoms with Gasteiger partial charge in [0.25, 0.3) is 5.91 Å². The van der Waals surface area contributed by atoms with Crippen LogP contribution in [0.3, 0.4) is 0 Å². The second-order valence-electron chi connectivity index (χ2n) is 6.81. The average molecular weight is 392 g/mol. The summed E-state index contributed by atoms with van der Waals surface area (Å²) in [5.74, 6) is -1.07. The van der Waals surface area contributed by atoms with Crippen LogP contribution >= 0.6 is 0 Å². The number of para-hydroxylation sites is 1. The molecule has 2 aromatic carbocycles. The van der Waals surface area contributed by atoms with Crippen LogP contribution in [0.4, 0.5) is 5.69 Å².